The molecule has 3 aromatic rings. The summed E-state index contributed by atoms with van der Waals surface area (Å²) in [6, 6.07) is 17.6. The van der Waals surface area contributed by atoms with Crippen molar-refractivity contribution in [2.75, 3.05) is 7.11 Å². The van der Waals surface area contributed by atoms with E-state index in [1.54, 1.807) is 13.3 Å². The number of methoxy groups -OCH3 is 1. The quantitative estimate of drug-likeness (QED) is 0.214. The zero-order valence-electron chi connectivity index (χ0n) is 21.8. The van der Waals surface area contributed by atoms with Crippen molar-refractivity contribution in [2.24, 2.45) is 5.92 Å². The first-order valence-corrected chi connectivity index (χ1v) is 15.4. The molecule has 0 saturated heterocycles. The molecule has 2 unspecified atom stereocenters. The van der Waals surface area contributed by atoms with Crippen LogP contribution in [0.1, 0.15) is 55.8 Å². The van der Waals surface area contributed by atoms with Crippen LogP contribution in [-0.4, -0.2) is 16.0 Å². The number of benzene rings is 2. The normalized spacial score (nSPS) is 19.0. The Balaban J connectivity index is 1.35. The number of halogens is 2. The molecule has 0 bridgehead atoms. The van der Waals surface area contributed by atoms with E-state index in [9.17, 15) is 0 Å². The van der Waals surface area contributed by atoms with Gasteiger partial charge >= 0.3 is 197 Å². The Morgan fingerprint density at radius 3 is 2.78 bits per heavy atom. The van der Waals surface area contributed by atoms with Crippen molar-refractivity contribution in [1.29, 1.82) is 0 Å². The van der Waals surface area contributed by atoms with Crippen LogP contribution in [0, 0.1) is 15.3 Å². The molecule has 0 spiro atoms. The summed E-state index contributed by atoms with van der Waals surface area (Å²) in [4.78, 5) is 4.33. The van der Waals surface area contributed by atoms with Gasteiger partial charge in [-0.25, -0.2) is 0 Å². The Morgan fingerprint density at radius 2 is 1.95 bits per heavy atom. The maximum absolute atomic E-state index is 15.5. The van der Waals surface area contributed by atoms with Crippen molar-refractivity contribution in [3.05, 3.63) is 99.2 Å². The van der Waals surface area contributed by atoms with Crippen LogP contribution >= 0.6 is 0 Å². The molecule has 0 saturated carbocycles. The summed E-state index contributed by atoms with van der Waals surface area (Å²) in [5, 5.41) is 3.40. The predicted octanol–water partition coefficient (Wildman–Crippen LogP) is 3.88. The number of alkyl halides is 1. The summed E-state index contributed by atoms with van der Waals surface area (Å²) in [7, 11) is 1.63. The Labute approximate surface area is 231 Å². The fraction of sp³-hybridized carbons (Fsp3) is 0.387. The Kier molecular flexibility index (Phi) is 10.8. The van der Waals surface area contributed by atoms with E-state index in [1.165, 1.54) is 25.7 Å². The summed E-state index contributed by atoms with van der Waals surface area (Å²) in [5.74, 6) is 1.80. The molecule has 6 heteroatoms. The van der Waals surface area contributed by atoms with E-state index in [-0.39, 0.29) is 12.4 Å². The molecule has 37 heavy (non-hydrogen) atoms. The first-order chi connectivity index (χ1) is 18.1. The average molecular weight is 616 g/mol. The molecule has 1 N–H and O–H groups in total. The number of hydrogen-bond donors (Lipinski definition) is 1. The first-order valence-electron chi connectivity index (χ1n) is 13.1. The molecule has 0 amide bonds. The Morgan fingerprint density at radius 1 is 1.03 bits per heavy atom. The van der Waals surface area contributed by atoms with Gasteiger partial charge in [0.2, 0.25) is 0 Å². The molecule has 198 valence electrons. The van der Waals surface area contributed by atoms with E-state index >= 15 is 4.39 Å². The number of hydrogen-bond acceptors (Lipinski definition) is 4. The molecule has 2 atom stereocenters. The van der Waals surface area contributed by atoms with E-state index in [2.05, 4.69) is 29.4 Å². The minimum atomic E-state index is -0.393. The van der Waals surface area contributed by atoms with Crippen molar-refractivity contribution in [3.63, 3.8) is 0 Å². The molecule has 4 nitrogen and oxygen atoms in total. The summed E-state index contributed by atoms with van der Waals surface area (Å²) in [5.41, 5.74) is 2.69. The van der Waals surface area contributed by atoms with Crippen LogP contribution in [-0.2, 0) is 19.7 Å². The molecule has 1 aliphatic carbocycles. The second kappa shape index (κ2) is 14.5. The van der Waals surface area contributed by atoms with E-state index in [0.717, 1.165) is 21.2 Å². The van der Waals surface area contributed by atoms with Gasteiger partial charge in [-0.1, -0.05) is 6.07 Å². The van der Waals surface area contributed by atoms with Gasteiger partial charge < -0.3 is 0 Å². The molecule has 1 aromatic heterocycles. The van der Waals surface area contributed by atoms with Crippen molar-refractivity contribution in [1.82, 2.24) is 10.3 Å². The van der Waals surface area contributed by atoms with Crippen molar-refractivity contribution in [2.45, 2.75) is 62.6 Å². The van der Waals surface area contributed by atoms with Gasteiger partial charge in [0.1, 0.15) is 0 Å². The SMILES string of the molecule is COc1cc(CNCc2ccccn2)ccc1OCc1cccc([I-]C2CCC/C=C\C(C)CC2)c1F. The first kappa shape index (κ1) is 27.6. The van der Waals surface area contributed by atoms with Gasteiger partial charge in [-0.2, -0.15) is 0 Å². The van der Waals surface area contributed by atoms with Crippen LogP contribution in [0.25, 0.3) is 0 Å². The number of aromatic nitrogens is 1. The van der Waals surface area contributed by atoms with Gasteiger partial charge in [-0.05, 0) is 12.1 Å². The maximum atomic E-state index is 15.5. The van der Waals surface area contributed by atoms with E-state index in [1.807, 2.05) is 54.6 Å². The van der Waals surface area contributed by atoms with Gasteiger partial charge in [0.05, 0.1) is 5.69 Å². The van der Waals surface area contributed by atoms with Gasteiger partial charge in [0.15, 0.2) is 0 Å². The second-order valence-electron chi connectivity index (χ2n) is 9.53. The summed E-state index contributed by atoms with van der Waals surface area (Å²) in [6.45, 7) is 3.85. The van der Waals surface area contributed by atoms with E-state index < -0.39 is 21.2 Å². The zero-order valence-corrected chi connectivity index (χ0v) is 23.9. The van der Waals surface area contributed by atoms with Crippen molar-refractivity contribution < 1.29 is 35.1 Å². The number of ether oxygens (including phenoxy) is 2. The van der Waals surface area contributed by atoms with Crippen LogP contribution in [0.5, 0.6) is 11.5 Å². The fourth-order valence-corrected chi connectivity index (χ4v) is 7.83. The van der Waals surface area contributed by atoms with Crippen LogP contribution in [0.2, 0.25) is 0 Å². The Bertz CT molecular complexity index is 1160. The summed E-state index contributed by atoms with van der Waals surface area (Å²) < 4.78 is 28.6. The molecule has 1 heterocycles. The number of nitrogens with one attached hydrogen (secondary N) is 1. The van der Waals surface area contributed by atoms with Gasteiger partial charge in [-0.15, -0.1) is 0 Å². The minimum absolute atomic E-state index is 0.0874. The van der Waals surface area contributed by atoms with Gasteiger partial charge in [0.25, 0.3) is 0 Å². The molecular weight excluding hydrogens is 578 g/mol. The third-order valence-electron chi connectivity index (χ3n) is 6.56. The van der Waals surface area contributed by atoms with Crippen molar-refractivity contribution >= 4 is 0 Å². The predicted molar refractivity (Wildman–Crippen MR) is 142 cm³/mol. The molecular formula is C31H37FIN2O2-. The van der Waals surface area contributed by atoms with Crippen LogP contribution in [0.4, 0.5) is 4.39 Å². The van der Waals surface area contributed by atoms with Crippen LogP contribution < -0.4 is 36.0 Å². The number of allylic oxidation sites excluding steroid dienone is 2. The van der Waals surface area contributed by atoms with E-state index in [4.69, 9.17) is 9.47 Å². The monoisotopic (exact) mass is 615 g/mol. The number of pyridine rings is 1. The standard InChI is InChI=1S/C31H37FIN2O2/c1-23-9-4-3-5-11-26(16-14-23)33-28-13-8-10-25(31(28)32)22-37-29-17-15-24(19-30(29)36-2)20-34-21-27-12-6-7-18-35-27/h4,6-10,12-13,15,17-19,23,26,34H,3,5,11,14,16,20-22H2,1-2H3/q-1/b9-4-. The molecule has 0 aliphatic heterocycles. The van der Waals surface area contributed by atoms with E-state index in [0.29, 0.717) is 40.0 Å². The number of nitrogens with zero attached hydrogens (tertiary/aromatic N) is 1. The van der Waals surface area contributed by atoms with Crippen LogP contribution in [0.3, 0.4) is 0 Å². The third kappa shape index (κ3) is 8.54. The molecule has 2 aromatic carbocycles. The third-order valence-corrected chi connectivity index (χ3v) is 10.2. The van der Waals surface area contributed by atoms with Crippen LogP contribution in [0.15, 0.2) is 72.9 Å². The molecule has 0 fully saturated rings. The molecule has 1 aliphatic rings. The molecule has 4 rings (SSSR count). The fourth-order valence-electron chi connectivity index (χ4n) is 4.42. The average Bonchev–Trinajstić information content (AvgIpc) is 3.02. The number of rotatable bonds is 10. The van der Waals surface area contributed by atoms with Gasteiger partial charge in [-0.3, -0.25) is 4.98 Å². The summed E-state index contributed by atoms with van der Waals surface area (Å²) >= 11 is -0.393. The van der Waals surface area contributed by atoms with Crippen molar-refractivity contribution in [3.8, 4) is 11.5 Å². The van der Waals surface area contributed by atoms with Gasteiger partial charge in [0, 0.05) is 6.20 Å². The second-order valence-corrected chi connectivity index (χ2v) is 13.1. The topological polar surface area (TPSA) is 43.4 Å². The zero-order chi connectivity index (χ0) is 25.9. The summed E-state index contributed by atoms with van der Waals surface area (Å²) in [6.07, 6.45) is 12.4. The Hall–Kier alpha value is -2.45. The molecule has 0 radical (unpaired) electrons.